The van der Waals surface area contributed by atoms with Gasteiger partial charge in [0, 0.05) is 5.56 Å². The van der Waals surface area contributed by atoms with E-state index >= 15 is 0 Å². The molecule has 2 rings (SSSR count). The highest BCUT2D eigenvalue weighted by Crippen LogP contribution is 2.25. The number of aromatic nitrogens is 2. The molecule has 94 valence electrons. The van der Waals surface area contributed by atoms with Crippen LogP contribution in [0.5, 0.6) is 0 Å². The van der Waals surface area contributed by atoms with Crippen LogP contribution in [0.25, 0.3) is 11.3 Å². The number of benzene rings is 1. The van der Waals surface area contributed by atoms with Crippen molar-refractivity contribution in [2.24, 2.45) is 0 Å². The van der Waals surface area contributed by atoms with Crippen LogP contribution in [0.3, 0.4) is 0 Å². The standard InChI is InChI=1S/C11H7BrF2N2O2/c12-11-15-8(4-9(17)18)10(16-11)5-1-2-6(13)7(14)3-5/h1-3H,4H2,(H,15,16)(H,17,18). The van der Waals surface area contributed by atoms with Crippen molar-refractivity contribution < 1.29 is 18.7 Å². The first-order valence-corrected chi connectivity index (χ1v) is 5.68. The van der Waals surface area contributed by atoms with Gasteiger partial charge < -0.3 is 10.1 Å². The Balaban J connectivity index is 2.49. The maximum Gasteiger partial charge on any atom is 0.309 e. The lowest BCUT2D eigenvalue weighted by molar-refractivity contribution is -0.136. The van der Waals surface area contributed by atoms with Crippen molar-refractivity contribution in [3.05, 3.63) is 40.3 Å². The minimum atomic E-state index is -1.05. The summed E-state index contributed by atoms with van der Waals surface area (Å²) in [5.41, 5.74) is 0.913. The predicted molar refractivity (Wildman–Crippen MR) is 63.0 cm³/mol. The van der Waals surface area contributed by atoms with Gasteiger partial charge in [0.15, 0.2) is 16.4 Å². The fraction of sp³-hybridized carbons (Fsp3) is 0.0909. The number of hydrogen-bond acceptors (Lipinski definition) is 2. The molecular formula is C11H7BrF2N2O2. The Bertz CT molecular complexity index is 613. The lowest BCUT2D eigenvalue weighted by Gasteiger charge is -2.01. The van der Waals surface area contributed by atoms with Crippen molar-refractivity contribution in [1.29, 1.82) is 0 Å². The van der Waals surface area contributed by atoms with Crippen molar-refractivity contribution in [3.8, 4) is 11.3 Å². The first-order valence-electron chi connectivity index (χ1n) is 4.89. The molecule has 18 heavy (non-hydrogen) atoms. The van der Waals surface area contributed by atoms with Crippen molar-refractivity contribution >= 4 is 21.9 Å². The number of halogens is 3. The molecule has 0 fully saturated rings. The lowest BCUT2D eigenvalue weighted by atomic mass is 10.1. The van der Waals surface area contributed by atoms with E-state index < -0.39 is 17.6 Å². The third-order valence-corrected chi connectivity index (χ3v) is 2.65. The summed E-state index contributed by atoms with van der Waals surface area (Å²) in [6, 6.07) is 3.29. The van der Waals surface area contributed by atoms with Gasteiger partial charge >= 0.3 is 5.97 Å². The van der Waals surface area contributed by atoms with E-state index in [4.69, 9.17) is 5.11 Å². The smallest absolute Gasteiger partial charge is 0.309 e. The number of carboxylic acids is 1. The molecule has 2 aromatic rings. The van der Waals surface area contributed by atoms with Crippen LogP contribution in [0.4, 0.5) is 8.78 Å². The van der Waals surface area contributed by atoms with E-state index in [2.05, 4.69) is 25.9 Å². The number of rotatable bonds is 3. The van der Waals surface area contributed by atoms with Gasteiger partial charge in [0.2, 0.25) is 0 Å². The van der Waals surface area contributed by atoms with E-state index in [9.17, 15) is 13.6 Å². The van der Waals surface area contributed by atoms with E-state index in [1.165, 1.54) is 6.07 Å². The molecule has 0 radical (unpaired) electrons. The molecule has 4 nitrogen and oxygen atoms in total. The summed E-state index contributed by atoms with van der Waals surface area (Å²) in [4.78, 5) is 17.4. The zero-order valence-corrected chi connectivity index (χ0v) is 10.5. The highest BCUT2D eigenvalue weighted by atomic mass is 79.9. The van der Waals surface area contributed by atoms with Crippen LogP contribution in [0.1, 0.15) is 5.69 Å². The van der Waals surface area contributed by atoms with Crippen LogP contribution in [-0.2, 0) is 11.2 Å². The maximum absolute atomic E-state index is 13.1. The Labute approximate surface area is 109 Å². The predicted octanol–water partition coefficient (Wildman–Crippen LogP) is 2.74. The third kappa shape index (κ3) is 2.56. The van der Waals surface area contributed by atoms with Crippen LogP contribution >= 0.6 is 15.9 Å². The van der Waals surface area contributed by atoms with Crippen LogP contribution in [-0.4, -0.2) is 21.0 Å². The molecule has 0 unspecified atom stereocenters. The van der Waals surface area contributed by atoms with Gasteiger partial charge in [0.1, 0.15) is 0 Å². The Morgan fingerprint density at radius 3 is 2.72 bits per heavy atom. The molecule has 0 aliphatic rings. The Morgan fingerprint density at radius 1 is 1.39 bits per heavy atom. The monoisotopic (exact) mass is 316 g/mol. The Kier molecular flexibility index (Phi) is 3.42. The number of carbonyl (C=O) groups is 1. The van der Waals surface area contributed by atoms with E-state index in [0.29, 0.717) is 16.0 Å². The van der Waals surface area contributed by atoms with Gasteiger partial charge in [-0.2, -0.15) is 0 Å². The van der Waals surface area contributed by atoms with Crippen molar-refractivity contribution in [1.82, 2.24) is 9.97 Å². The summed E-state index contributed by atoms with van der Waals surface area (Å²) in [7, 11) is 0. The molecule has 0 amide bonds. The number of aliphatic carboxylic acids is 1. The number of nitrogens with one attached hydrogen (secondary N) is 1. The topological polar surface area (TPSA) is 66.0 Å². The molecule has 0 atom stereocenters. The number of nitrogens with zero attached hydrogens (tertiary/aromatic N) is 1. The van der Waals surface area contributed by atoms with Crippen LogP contribution < -0.4 is 0 Å². The van der Waals surface area contributed by atoms with E-state index in [-0.39, 0.29) is 12.1 Å². The largest absolute Gasteiger partial charge is 0.481 e. The number of carboxylic acid groups (broad SMARTS) is 1. The summed E-state index contributed by atoms with van der Waals surface area (Å²) in [5.74, 6) is -3.02. The first-order chi connectivity index (χ1) is 8.47. The average molecular weight is 317 g/mol. The molecule has 0 bridgehead atoms. The lowest BCUT2D eigenvalue weighted by Crippen LogP contribution is -2.02. The van der Waals surface area contributed by atoms with Gasteiger partial charge in [-0.15, -0.1) is 0 Å². The second kappa shape index (κ2) is 4.85. The van der Waals surface area contributed by atoms with Gasteiger partial charge in [-0.25, -0.2) is 13.8 Å². The van der Waals surface area contributed by atoms with Crippen molar-refractivity contribution in [2.45, 2.75) is 6.42 Å². The quantitative estimate of drug-likeness (QED) is 0.915. The molecular weight excluding hydrogens is 310 g/mol. The molecule has 0 spiro atoms. The summed E-state index contributed by atoms with van der Waals surface area (Å²) in [5, 5.41) is 8.75. The zero-order chi connectivity index (χ0) is 13.3. The molecule has 0 aliphatic heterocycles. The highest BCUT2D eigenvalue weighted by molar-refractivity contribution is 9.10. The molecule has 0 aliphatic carbocycles. The molecule has 7 heteroatoms. The Hall–Kier alpha value is -1.76. The molecule has 1 heterocycles. The highest BCUT2D eigenvalue weighted by Gasteiger charge is 2.15. The van der Waals surface area contributed by atoms with Gasteiger partial charge in [0.05, 0.1) is 17.8 Å². The second-order valence-corrected chi connectivity index (χ2v) is 4.31. The van der Waals surface area contributed by atoms with Gasteiger partial charge in [-0.05, 0) is 34.1 Å². The minimum absolute atomic E-state index is 0.281. The number of aromatic amines is 1. The number of hydrogen-bond donors (Lipinski definition) is 2. The summed E-state index contributed by atoms with van der Waals surface area (Å²) in [6.45, 7) is 0. The SMILES string of the molecule is O=C(O)Cc1[nH]c(Br)nc1-c1ccc(F)c(F)c1. The molecule has 2 N–H and O–H groups in total. The summed E-state index contributed by atoms with van der Waals surface area (Å²) >= 11 is 3.08. The Morgan fingerprint density at radius 2 is 2.11 bits per heavy atom. The fourth-order valence-corrected chi connectivity index (χ4v) is 1.96. The van der Waals surface area contributed by atoms with E-state index in [0.717, 1.165) is 12.1 Å². The van der Waals surface area contributed by atoms with Gasteiger partial charge in [-0.1, -0.05) is 0 Å². The van der Waals surface area contributed by atoms with Crippen molar-refractivity contribution in [2.75, 3.05) is 0 Å². The zero-order valence-electron chi connectivity index (χ0n) is 8.88. The molecule has 0 saturated carbocycles. The van der Waals surface area contributed by atoms with Crippen molar-refractivity contribution in [3.63, 3.8) is 0 Å². The normalized spacial score (nSPS) is 10.6. The van der Waals surface area contributed by atoms with Crippen LogP contribution in [0, 0.1) is 11.6 Å². The number of imidazole rings is 1. The summed E-state index contributed by atoms with van der Waals surface area (Å²) in [6.07, 6.45) is -0.285. The first kappa shape index (κ1) is 12.7. The van der Waals surface area contributed by atoms with Gasteiger partial charge in [0.25, 0.3) is 0 Å². The van der Waals surface area contributed by atoms with Crippen LogP contribution in [0.2, 0.25) is 0 Å². The van der Waals surface area contributed by atoms with E-state index in [1.54, 1.807) is 0 Å². The molecule has 1 aromatic heterocycles. The summed E-state index contributed by atoms with van der Waals surface area (Å²) < 4.78 is 26.3. The minimum Gasteiger partial charge on any atom is -0.481 e. The number of H-pyrrole nitrogens is 1. The molecule has 0 saturated heterocycles. The maximum atomic E-state index is 13.1. The van der Waals surface area contributed by atoms with E-state index in [1.807, 2.05) is 0 Å². The second-order valence-electron chi connectivity index (χ2n) is 3.55. The van der Waals surface area contributed by atoms with Gasteiger partial charge in [-0.3, -0.25) is 4.79 Å². The average Bonchev–Trinajstić information content (AvgIpc) is 2.62. The molecule has 1 aromatic carbocycles. The van der Waals surface area contributed by atoms with Crippen LogP contribution in [0.15, 0.2) is 22.9 Å². The third-order valence-electron chi connectivity index (χ3n) is 2.27. The fourth-order valence-electron chi connectivity index (χ4n) is 1.54.